The zero-order chi connectivity index (χ0) is 12.6. The first kappa shape index (κ1) is 11.6. The fourth-order valence-corrected chi connectivity index (χ4v) is 1.47. The molecule has 2 rings (SSSR count). The number of hydrogen-bond acceptors (Lipinski definition) is 3. The second-order valence-corrected chi connectivity index (χ2v) is 5.01. The Morgan fingerprint density at radius 3 is 2.53 bits per heavy atom. The number of nitrogens with zero attached hydrogens (tertiary/aromatic N) is 1. The third-order valence-corrected chi connectivity index (χ3v) is 2.49. The molecule has 0 spiro atoms. The lowest BCUT2D eigenvalue weighted by Crippen LogP contribution is -2.09. The minimum Gasteiger partial charge on any atom is -0.441 e. The maximum atomic E-state index is 12.9. The molecule has 2 N–H and O–H groups in total. The number of anilines is 1. The summed E-state index contributed by atoms with van der Waals surface area (Å²) < 4.78 is 18.6. The molecule has 0 radical (unpaired) electrons. The second-order valence-electron chi connectivity index (χ2n) is 5.01. The van der Waals surface area contributed by atoms with Crippen LogP contribution in [0.15, 0.2) is 28.8 Å². The van der Waals surface area contributed by atoms with E-state index in [-0.39, 0.29) is 11.2 Å². The molecule has 0 unspecified atom stereocenters. The van der Waals surface area contributed by atoms with E-state index in [1.807, 2.05) is 20.8 Å². The zero-order valence-electron chi connectivity index (χ0n) is 10.1. The standard InChI is InChI=1S/C13H15FN2O/c1-13(2,3)11-7-16-12(17-11)9-5-4-8(14)6-10(9)15/h4-7H,15H2,1-3H3. The molecule has 0 amide bonds. The fourth-order valence-electron chi connectivity index (χ4n) is 1.47. The van der Waals surface area contributed by atoms with E-state index in [0.717, 1.165) is 5.76 Å². The lowest BCUT2D eigenvalue weighted by atomic mass is 9.94. The van der Waals surface area contributed by atoms with Crippen LogP contribution in [0.4, 0.5) is 10.1 Å². The van der Waals surface area contributed by atoms with Crippen LogP contribution in [0.25, 0.3) is 11.5 Å². The Labute approximate surface area is 99.5 Å². The highest BCUT2D eigenvalue weighted by atomic mass is 19.1. The van der Waals surface area contributed by atoms with Crippen LogP contribution in [0.1, 0.15) is 26.5 Å². The van der Waals surface area contributed by atoms with Crippen LogP contribution in [0, 0.1) is 5.82 Å². The maximum absolute atomic E-state index is 12.9. The third-order valence-electron chi connectivity index (χ3n) is 2.49. The van der Waals surface area contributed by atoms with Crippen molar-refractivity contribution in [3.05, 3.63) is 36.0 Å². The molecule has 1 heterocycles. The summed E-state index contributed by atoms with van der Waals surface area (Å²) in [5, 5.41) is 0. The highest BCUT2D eigenvalue weighted by Crippen LogP contribution is 2.30. The van der Waals surface area contributed by atoms with E-state index < -0.39 is 0 Å². The SMILES string of the molecule is CC(C)(C)c1cnc(-c2ccc(F)cc2N)o1. The molecule has 90 valence electrons. The van der Waals surface area contributed by atoms with Crippen molar-refractivity contribution in [2.45, 2.75) is 26.2 Å². The van der Waals surface area contributed by atoms with Gasteiger partial charge in [-0.05, 0) is 18.2 Å². The number of nitrogen functional groups attached to an aromatic ring is 1. The van der Waals surface area contributed by atoms with Crippen LogP contribution in [0.2, 0.25) is 0 Å². The van der Waals surface area contributed by atoms with Gasteiger partial charge in [0.2, 0.25) is 5.89 Å². The Bertz CT molecular complexity index is 541. The molecule has 1 aromatic carbocycles. The first-order valence-electron chi connectivity index (χ1n) is 5.39. The molecule has 0 fully saturated rings. The van der Waals surface area contributed by atoms with Crippen molar-refractivity contribution in [3.8, 4) is 11.5 Å². The normalized spacial score (nSPS) is 11.8. The summed E-state index contributed by atoms with van der Waals surface area (Å²) in [4.78, 5) is 4.17. The number of hydrogen-bond donors (Lipinski definition) is 1. The van der Waals surface area contributed by atoms with Crippen LogP contribution in [0.5, 0.6) is 0 Å². The van der Waals surface area contributed by atoms with E-state index in [1.165, 1.54) is 12.1 Å². The average Bonchev–Trinajstić information content (AvgIpc) is 2.65. The quantitative estimate of drug-likeness (QED) is 0.770. The number of oxazole rings is 1. The molecule has 1 aromatic heterocycles. The maximum Gasteiger partial charge on any atom is 0.228 e. The van der Waals surface area contributed by atoms with Gasteiger partial charge in [-0.15, -0.1) is 0 Å². The van der Waals surface area contributed by atoms with Gasteiger partial charge in [-0.3, -0.25) is 0 Å². The van der Waals surface area contributed by atoms with Gasteiger partial charge in [0, 0.05) is 11.1 Å². The van der Waals surface area contributed by atoms with Gasteiger partial charge in [0.15, 0.2) is 0 Å². The van der Waals surface area contributed by atoms with Crippen molar-refractivity contribution < 1.29 is 8.81 Å². The lowest BCUT2D eigenvalue weighted by molar-refractivity contribution is 0.416. The van der Waals surface area contributed by atoms with Gasteiger partial charge >= 0.3 is 0 Å². The van der Waals surface area contributed by atoms with Crippen molar-refractivity contribution in [1.82, 2.24) is 4.98 Å². The lowest BCUT2D eigenvalue weighted by Gasteiger charge is -2.13. The van der Waals surface area contributed by atoms with Crippen molar-refractivity contribution in [3.63, 3.8) is 0 Å². The van der Waals surface area contributed by atoms with Gasteiger partial charge in [0.1, 0.15) is 11.6 Å². The number of nitrogens with two attached hydrogens (primary N) is 1. The van der Waals surface area contributed by atoms with Gasteiger partial charge in [0.25, 0.3) is 0 Å². The molecule has 3 nitrogen and oxygen atoms in total. The Morgan fingerprint density at radius 1 is 1.29 bits per heavy atom. The van der Waals surface area contributed by atoms with Crippen LogP contribution >= 0.6 is 0 Å². The van der Waals surface area contributed by atoms with E-state index in [2.05, 4.69) is 4.98 Å². The minimum absolute atomic E-state index is 0.111. The predicted molar refractivity (Wildman–Crippen MR) is 65.0 cm³/mol. The summed E-state index contributed by atoms with van der Waals surface area (Å²) >= 11 is 0. The van der Waals surface area contributed by atoms with Crippen molar-refractivity contribution in [2.24, 2.45) is 0 Å². The van der Waals surface area contributed by atoms with Gasteiger partial charge in [-0.25, -0.2) is 9.37 Å². The Kier molecular flexibility index (Phi) is 2.65. The zero-order valence-corrected chi connectivity index (χ0v) is 10.1. The molecule has 0 atom stereocenters. The first-order chi connectivity index (χ1) is 7.88. The van der Waals surface area contributed by atoms with Crippen LogP contribution in [0.3, 0.4) is 0 Å². The Balaban J connectivity index is 2.44. The molecule has 17 heavy (non-hydrogen) atoms. The molecule has 2 aromatic rings. The predicted octanol–water partition coefficient (Wildman–Crippen LogP) is 3.36. The summed E-state index contributed by atoms with van der Waals surface area (Å²) in [7, 11) is 0. The summed E-state index contributed by atoms with van der Waals surface area (Å²) in [5.74, 6) is 0.831. The van der Waals surface area contributed by atoms with Crippen molar-refractivity contribution in [2.75, 3.05) is 5.73 Å². The van der Waals surface area contributed by atoms with Gasteiger partial charge in [-0.1, -0.05) is 20.8 Å². The summed E-state index contributed by atoms with van der Waals surface area (Å²) in [6.07, 6.45) is 1.68. The summed E-state index contributed by atoms with van der Waals surface area (Å²) in [6.45, 7) is 6.10. The van der Waals surface area contributed by atoms with E-state index in [4.69, 9.17) is 10.2 Å². The second kappa shape index (κ2) is 3.87. The van der Waals surface area contributed by atoms with Crippen LogP contribution in [-0.4, -0.2) is 4.98 Å². The van der Waals surface area contributed by atoms with Crippen LogP contribution < -0.4 is 5.73 Å². The molecule has 0 aliphatic carbocycles. The van der Waals surface area contributed by atoms with E-state index in [1.54, 1.807) is 12.3 Å². The molecular weight excluding hydrogens is 219 g/mol. The Hall–Kier alpha value is -1.84. The molecular formula is C13H15FN2O. The number of halogens is 1. The topological polar surface area (TPSA) is 52.0 Å². The number of aromatic nitrogens is 1. The van der Waals surface area contributed by atoms with Crippen molar-refractivity contribution >= 4 is 5.69 Å². The number of benzene rings is 1. The monoisotopic (exact) mass is 234 g/mol. The smallest absolute Gasteiger partial charge is 0.228 e. The summed E-state index contributed by atoms with van der Waals surface area (Å²) in [5.41, 5.74) is 6.56. The van der Waals surface area contributed by atoms with Crippen molar-refractivity contribution in [1.29, 1.82) is 0 Å². The van der Waals surface area contributed by atoms with E-state index in [0.29, 0.717) is 17.1 Å². The Morgan fingerprint density at radius 2 is 2.00 bits per heavy atom. The highest BCUT2D eigenvalue weighted by Gasteiger charge is 2.20. The molecule has 4 heteroatoms. The van der Waals surface area contributed by atoms with Gasteiger partial charge in [-0.2, -0.15) is 0 Å². The molecule has 0 aliphatic rings. The molecule has 0 aliphatic heterocycles. The summed E-state index contributed by atoms with van der Waals surface area (Å²) in [6, 6.07) is 4.17. The largest absolute Gasteiger partial charge is 0.441 e. The highest BCUT2D eigenvalue weighted by molar-refractivity contribution is 5.70. The molecule has 0 saturated heterocycles. The minimum atomic E-state index is -0.367. The molecule has 0 saturated carbocycles. The van der Waals surface area contributed by atoms with E-state index >= 15 is 0 Å². The first-order valence-corrected chi connectivity index (χ1v) is 5.39. The van der Waals surface area contributed by atoms with E-state index in [9.17, 15) is 4.39 Å². The number of rotatable bonds is 1. The third kappa shape index (κ3) is 2.30. The van der Waals surface area contributed by atoms with Gasteiger partial charge < -0.3 is 10.2 Å². The van der Waals surface area contributed by atoms with Crippen LogP contribution in [-0.2, 0) is 5.41 Å². The van der Waals surface area contributed by atoms with Gasteiger partial charge in [0.05, 0.1) is 11.8 Å². The average molecular weight is 234 g/mol. The fraction of sp³-hybridized carbons (Fsp3) is 0.308. The molecule has 0 bridgehead atoms.